The number of aliphatic imine (C=N–C) groups is 2. The van der Waals surface area contributed by atoms with Gasteiger partial charge in [-0.1, -0.05) is 18.2 Å². The monoisotopic (exact) mass is 385 g/mol. The Morgan fingerprint density at radius 2 is 1.74 bits per heavy atom. The molecule has 0 radical (unpaired) electrons. The zero-order chi connectivity index (χ0) is 16.0. The van der Waals surface area contributed by atoms with Crippen molar-refractivity contribution in [2.24, 2.45) is 21.5 Å². The van der Waals surface area contributed by atoms with Gasteiger partial charge in [0.05, 0.1) is 13.2 Å². The van der Waals surface area contributed by atoms with Crippen LogP contribution >= 0.6 is 17.0 Å². The van der Waals surface area contributed by atoms with Crippen LogP contribution in [0.15, 0.2) is 40.3 Å². The van der Waals surface area contributed by atoms with Crippen LogP contribution in [0.1, 0.15) is 26.7 Å². The average Bonchev–Trinajstić information content (AvgIpc) is 2.45. The molecule has 0 bridgehead atoms. The van der Waals surface area contributed by atoms with Crippen LogP contribution in [0.25, 0.3) is 0 Å². The number of para-hydroxylation sites is 1. The molecule has 128 valence electrons. The highest BCUT2D eigenvalue weighted by molar-refractivity contribution is 8.93. The van der Waals surface area contributed by atoms with Gasteiger partial charge in [-0.15, -0.1) is 17.0 Å². The lowest BCUT2D eigenvalue weighted by molar-refractivity contribution is -0.157. The van der Waals surface area contributed by atoms with Crippen molar-refractivity contribution in [3.63, 3.8) is 0 Å². The fourth-order valence-electron chi connectivity index (χ4n) is 2.08. The number of nitrogens with zero attached hydrogens (tertiary/aromatic N) is 3. The number of unbranched alkanes of at least 4 members (excludes halogenated alkanes) is 1. The minimum atomic E-state index is -0.656. The maximum atomic E-state index is 5.83. The van der Waals surface area contributed by atoms with E-state index in [1.54, 1.807) is 0 Å². The zero-order valence-electron chi connectivity index (χ0n) is 13.4. The molecule has 4 N–H and O–H groups in total. The smallest absolute Gasteiger partial charge is 0.226 e. The molecular formula is C15H24BrN5O2. The number of halogens is 1. The third kappa shape index (κ3) is 5.72. The predicted octanol–water partition coefficient (Wildman–Crippen LogP) is 2.04. The van der Waals surface area contributed by atoms with Crippen molar-refractivity contribution >= 4 is 28.9 Å². The minimum Gasteiger partial charge on any atom is -0.494 e. The van der Waals surface area contributed by atoms with Crippen LogP contribution in [-0.4, -0.2) is 35.9 Å². The molecule has 0 unspecified atom stereocenters. The highest BCUT2D eigenvalue weighted by Crippen LogP contribution is 2.19. The van der Waals surface area contributed by atoms with E-state index in [1.807, 2.05) is 44.2 Å². The summed E-state index contributed by atoms with van der Waals surface area (Å²) >= 11 is 0. The number of hydroxylamine groups is 2. The first-order valence-electron chi connectivity index (χ1n) is 7.29. The van der Waals surface area contributed by atoms with Crippen LogP contribution in [0.5, 0.6) is 5.75 Å². The Morgan fingerprint density at radius 3 is 2.39 bits per heavy atom. The number of guanidine groups is 2. The first kappa shape index (κ1) is 19.2. The van der Waals surface area contributed by atoms with Gasteiger partial charge < -0.3 is 16.2 Å². The molecule has 0 spiro atoms. The number of nitrogens with two attached hydrogens (primary N) is 2. The number of hydrogen-bond acceptors (Lipinski definition) is 7. The van der Waals surface area contributed by atoms with Gasteiger partial charge in [0.25, 0.3) is 0 Å². The Bertz CT molecular complexity index is 548. The largest absolute Gasteiger partial charge is 0.494 e. The third-order valence-electron chi connectivity index (χ3n) is 3.09. The molecule has 0 aromatic heterocycles. The minimum absolute atomic E-state index is 0. The Morgan fingerprint density at radius 1 is 1.09 bits per heavy atom. The first-order valence-corrected chi connectivity index (χ1v) is 7.29. The summed E-state index contributed by atoms with van der Waals surface area (Å²) in [7, 11) is 0. The lowest BCUT2D eigenvalue weighted by Gasteiger charge is -2.36. The zero-order valence-corrected chi connectivity index (χ0v) is 15.1. The highest BCUT2D eigenvalue weighted by atomic mass is 79.9. The maximum Gasteiger partial charge on any atom is 0.226 e. The summed E-state index contributed by atoms with van der Waals surface area (Å²) in [4.78, 5) is 13.8. The van der Waals surface area contributed by atoms with E-state index >= 15 is 0 Å². The van der Waals surface area contributed by atoms with Crippen molar-refractivity contribution in [2.75, 3.05) is 13.2 Å². The van der Waals surface area contributed by atoms with Gasteiger partial charge in [0.15, 0.2) is 5.66 Å². The Hall–Kier alpha value is -1.80. The van der Waals surface area contributed by atoms with Gasteiger partial charge in [0, 0.05) is 0 Å². The van der Waals surface area contributed by atoms with Crippen LogP contribution in [0.3, 0.4) is 0 Å². The van der Waals surface area contributed by atoms with Crippen molar-refractivity contribution < 1.29 is 9.57 Å². The van der Waals surface area contributed by atoms with E-state index in [0.29, 0.717) is 13.2 Å². The number of hydrogen-bond donors (Lipinski definition) is 2. The molecule has 7 nitrogen and oxygen atoms in total. The molecule has 0 fully saturated rings. The van der Waals surface area contributed by atoms with Crippen LogP contribution in [0.2, 0.25) is 0 Å². The van der Waals surface area contributed by atoms with E-state index in [0.717, 1.165) is 18.6 Å². The first-order chi connectivity index (χ1) is 10.5. The molecule has 1 aromatic rings. The molecule has 1 aliphatic rings. The number of ether oxygens (including phenoxy) is 1. The van der Waals surface area contributed by atoms with E-state index in [1.165, 1.54) is 5.06 Å². The van der Waals surface area contributed by atoms with Crippen LogP contribution in [0.4, 0.5) is 0 Å². The second-order valence-electron chi connectivity index (χ2n) is 5.43. The summed E-state index contributed by atoms with van der Waals surface area (Å²) in [5.41, 5.74) is 10.8. The van der Waals surface area contributed by atoms with Gasteiger partial charge in [-0.3, -0.25) is 4.84 Å². The van der Waals surface area contributed by atoms with Gasteiger partial charge in [-0.05, 0) is 38.8 Å². The van der Waals surface area contributed by atoms with Crippen molar-refractivity contribution in [1.29, 1.82) is 0 Å². The van der Waals surface area contributed by atoms with E-state index in [-0.39, 0.29) is 28.9 Å². The Labute approximate surface area is 147 Å². The SMILES string of the molecule is Br.CC1(C)N=C(N)N=C(N)N1OCCCCOc1ccccc1. The molecule has 0 saturated carbocycles. The summed E-state index contributed by atoms with van der Waals surface area (Å²) in [6.07, 6.45) is 1.72. The fourth-order valence-corrected chi connectivity index (χ4v) is 2.08. The molecule has 1 aliphatic heterocycles. The third-order valence-corrected chi connectivity index (χ3v) is 3.09. The molecular weight excluding hydrogens is 362 g/mol. The Kier molecular flexibility index (Phi) is 7.31. The molecule has 0 amide bonds. The van der Waals surface area contributed by atoms with E-state index in [9.17, 15) is 0 Å². The molecule has 0 aliphatic carbocycles. The molecule has 0 atom stereocenters. The van der Waals surface area contributed by atoms with Gasteiger partial charge in [0.2, 0.25) is 11.9 Å². The summed E-state index contributed by atoms with van der Waals surface area (Å²) in [6.45, 7) is 4.87. The molecule has 2 rings (SSSR count). The fraction of sp³-hybridized carbons (Fsp3) is 0.467. The van der Waals surface area contributed by atoms with Crippen molar-refractivity contribution in [1.82, 2.24) is 5.06 Å². The highest BCUT2D eigenvalue weighted by Gasteiger charge is 2.32. The lowest BCUT2D eigenvalue weighted by Crippen LogP contribution is -2.53. The summed E-state index contributed by atoms with van der Waals surface area (Å²) < 4.78 is 5.62. The van der Waals surface area contributed by atoms with Crippen molar-refractivity contribution in [2.45, 2.75) is 32.4 Å². The van der Waals surface area contributed by atoms with E-state index < -0.39 is 5.66 Å². The molecule has 0 saturated heterocycles. The van der Waals surface area contributed by atoms with E-state index in [4.69, 9.17) is 21.0 Å². The maximum absolute atomic E-state index is 5.83. The van der Waals surface area contributed by atoms with Gasteiger partial charge in [-0.25, -0.2) is 4.99 Å². The predicted molar refractivity (Wildman–Crippen MR) is 96.6 cm³/mol. The van der Waals surface area contributed by atoms with Crippen LogP contribution in [0, 0.1) is 0 Å². The summed E-state index contributed by atoms with van der Waals surface area (Å²) in [5, 5.41) is 1.49. The van der Waals surface area contributed by atoms with Crippen LogP contribution < -0.4 is 16.2 Å². The quantitative estimate of drug-likeness (QED) is 0.699. The standard InChI is InChI=1S/C15H23N5O2.BrH/c1-15(2)19-13(16)18-14(17)20(15)22-11-7-6-10-21-12-8-4-3-5-9-12;/h3-5,8-9H,6-7,10-11H2,1-2H3,(H4,16,17,18,19);1H. The Balaban J connectivity index is 0.00000264. The number of rotatable bonds is 7. The van der Waals surface area contributed by atoms with Gasteiger partial charge >= 0.3 is 0 Å². The summed E-state index contributed by atoms with van der Waals surface area (Å²) in [5.74, 6) is 1.26. The van der Waals surface area contributed by atoms with Gasteiger partial charge in [-0.2, -0.15) is 10.1 Å². The van der Waals surface area contributed by atoms with Crippen LogP contribution in [-0.2, 0) is 4.84 Å². The molecule has 1 aromatic carbocycles. The molecule has 1 heterocycles. The second-order valence-corrected chi connectivity index (χ2v) is 5.43. The second kappa shape index (κ2) is 8.73. The summed E-state index contributed by atoms with van der Waals surface area (Å²) in [6, 6.07) is 9.73. The van der Waals surface area contributed by atoms with Crippen molar-refractivity contribution in [3.8, 4) is 5.75 Å². The van der Waals surface area contributed by atoms with Gasteiger partial charge in [0.1, 0.15) is 5.75 Å². The van der Waals surface area contributed by atoms with Crippen molar-refractivity contribution in [3.05, 3.63) is 30.3 Å². The number of benzene rings is 1. The molecule has 8 heteroatoms. The normalized spacial score (nSPS) is 16.2. The van der Waals surface area contributed by atoms with E-state index in [2.05, 4.69) is 9.98 Å². The topological polar surface area (TPSA) is 98.5 Å². The lowest BCUT2D eigenvalue weighted by atomic mass is 10.2. The average molecular weight is 386 g/mol. The molecule has 23 heavy (non-hydrogen) atoms.